The summed E-state index contributed by atoms with van der Waals surface area (Å²) in [4.78, 5) is 4.51. The molecule has 0 aliphatic heterocycles. The number of rotatable bonds is 33. The van der Waals surface area contributed by atoms with Crippen LogP contribution in [-0.2, 0) is 121 Å². The van der Waals surface area contributed by atoms with Gasteiger partial charge >= 0.3 is 58.6 Å². The van der Waals surface area contributed by atoms with Crippen LogP contribution in [-0.4, -0.2) is 141 Å². The lowest BCUT2D eigenvalue weighted by atomic mass is 9.99. The van der Waals surface area contributed by atoms with Crippen molar-refractivity contribution in [3.8, 4) is 23.0 Å². The SMILES string of the molecule is CCC(C)c1ccc(OCCCCS(=O)(=O)[O-])cc1.CCC(C)c1ccc(OCCCS(=O)(=O)[O-])cc1.CCC(C)c1ccc(OS(=O)(=O)C(F)(F)C(F)(F)C(F)(F)S(=O)(=O)CS(=O)(=O)C(F)(F)F)cc1.CCC(C)c1ccc(OS(=O)(=O)C(F)(F)C(F)(F)C(F)(F)S(=O)(=O)[O-])cc1.[SH2+]c1ccccc1.[SH2+]c1ccccc1.[SH2+]c1ccccc1.[SH2+]c1ccccc1. The maximum Gasteiger partial charge on any atom is 0.498 e. The highest BCUT2D eigenvalue weighted by Gasteiger charge is 2.84. The fraction of sp³-hybridized carbons (Fsp3) is 0.392. The van der Waals surface area contributed by atoms with Crippen molar-refractivity contribution in [1.82, 2.24) is 0 Å². The van der Waals surface area contributed by atoms with Crippen molar-refractivity contribution in [3.05, 3.63) is 241 Å². The summed E-state index contributed by atoms with van der Waals surface area (Å²) in [5.41, 5.74) is -2.87. The summed E-state index contributed by atoms with van der Waals surface area (Å²) in [5, 5.41) is -31.8. The summed E-state index contributed by atoms with van der Waals surface area (Å²) < 4.78 is 402. The van der Waals surface area contributed by atoms with Crippen LogP contribution in [0.3, 0.4) is 0 Å². The molecule has 0 heterocycles. The molecule has 0 aliphatic rings. The minimum Gasteiger partial charge on any atom is -0.748 e. The first-order valence-electron chi connectivity index (χ1n) is 36.9. The summed E-state index contributed by atoms with van der Waals surface area (Å²) in [6, 6.07) is 63.2. The first kappa shape index (κ1) is 117. The molecule has 0 bridgehead atoms. The lowest BCUT2D eigenvalue weighted by Gasteiger charge is -2.32. The Morgan fingerprint density at radius 1 is 0.302 bits per heavy atom. The average molecular weight is 2020 g/mol. The van der Waals surface area contributed by atoms with Gasteiger partial charge in [0.15, 0.2) is 15.2 Å². The van der Waals surface area contributed by atoms with Gasteiger partial charge in [0, 0.05) is 11.5 Å². The molecule has 0 fully saturated rings. The third-order valence-electron chi connectivity index (χ3n) is 17.1. The van der Waals surface area contributed by atoms with Crippen molar-refractivity contribution >= 4 is 121 Å². The van der Waals surface area contributed by atoms with E-state index in [9.17, 15) is 138 Å². The maximum absolute atomic E-state index is 14.0. The van der Waals surface area contributed by atoms with E-state index in [0.29, 0.717) is 73.1 Å². The van der Waals surface area contributed by atoms with Gasteiger partial charge in [-0.25, -0.2) is 42.1 Å². The molecule has 0 aliphatic carbocycles. The lowest BCUT2D eigenvalue weighted by molar-refractivity contribution is -0.247. The van der Waals surface area contributed by atoms with E-state index in [-0.39, 0.29) is 36.4 Å². The van der Waals surface area contributed by atoms with Gasteiger partial charge < -0.3 is 31.5 Å². The first-order valence-corrected chi connectivity index (χ1v) is 49.6. The standard InChI is InChI=1S/C15H15F9O7S3.C14H22O4S.C13H14F6O6S2.C13H20O4S.4C6H6S/c1-3-9(2)10-4-6-11(7-5-10)31-34(29,30)14(20,21)12(16,17)13(18,19)32(25,26)8-33(27,28)15(22,23)24;1-3-12(2)13-6-8-14(9-7-13)18-10-4-5-11-19(15,16)17;1-3-8(2)9-4-6-10(7-5-9)25-27(23,24)13(18,19)11(14,15)12(16,17)26(20,21)22;1-3-11(2)12-5-7-13(8-6-12)17-9-4-10-18(14,15)16;4*7-6-4-2-1-3-5-6/h4-7,9H,3,8H2,1-2H3;6-9,12H,3-5,10-11H2,1-2H3,(H,15,16,17);4-8H,3H2,1-2H3,(H,20,21,22);5-8,11H,3-4,9-10H2,1-2H3,(H,14,15,16);4*1-5,7H/p+1. The molecule has 126 heavy (non-hydrogen) atoms. The summed E-state index contributed by atoms with van der Waals surface area (Å²) >= 11 is 13.4. The molecule has 4 unspecified atom stereocenters. The van der Waals surface area contributed by atoms with E-state index in [2.05, 4.69) is 86.6 Å². The topological polar surface area (TPSA) is 345 Å². The molecule has 0 aromatic heterocycles. The number of sulfone groups is 2. The van der Waals surface area contributed by atoms with Crippen LogP contribution in [0.25, 0.3) is 0 Å². The second kappa shape index (κ2) is 51.4. The van der Waals surface area contributed by atoms with Crippen LogP contribution in [0.5, 0.6) is 23.0 Å². The molecule has 4 atom stereocenters. The van der Waals surface area contributed by atoms with E-state index < -0.39 is 125 Å². The zero-order chi connectivity index (χ0) is 97.0. The van der Waals surface area contributed by atoms with Gasteiger partial charge in [0.2, 0.25) is 9.84 Å². The van der Waals surface area contributed by atoms with E-state index in [4.69, 9.17) is 9.47 Å². The van der Waals surface area contributed by atoms with Gasteiger partial charge in [-0.2, -0.15) is 82.7 Å². The molecule has 0 radical (unpaired) electrons. The number of alkyl halides is 15. The average Bonchev–Trinajstić information content (AvgIpc) is 0.713. The normalized spacial score (nSPS) is 13.4. The van der Waals surface area contributed by atoms with Gasteiger partial charge in [-0.15, -0.1) is 0 Å². The molecule has 47 heteroatoms. The van der Waals surface area contributed by atoms with E-state index >= 15 is 0 Å². The van der Waals surface area contributed by atoms with Gasteiger partial charge in [-0.3, -0.25) is 0 Å². The van der Waals surface area contributed by atoms with E-state index in [1.54, 1.807) is 20.8 Å². The number of ether oxygens (including phenoxy) is 2. The Labute approximate surface area is 747 Å². The van der Waals surface area contributed by atoms with Crippen molar-refractivity contribution in [2.24, 2.45) is 0 Å². The minimum absolute atomic E-state index is 0.0256. The zero-order valence-corrected chi connectivity index (χ0v) is 77.9. The molecule has 8 aromatic carbocycles. The maximum atomic E-state index is 14.0. The number of hydrogen-bond acceptors (Lipinski definition) is 21. The molecule has 0 saturated carbocycles. The molecule has 21 nitrogen and oxygen atoms in total. The van der Waals surface area contributed by atoms with Gasteiger partial charge in [0.1, 0.15) is 42.6 Å². The monoisotopic (exact) mass is 2020 g/mol. The predicted octanol–water partition coefficient (Wildman–Crippen LogP) is 17.0. The number of unbranched alkanes of at least 4 members (excludes halogenated alkanes) is 1. The van der Waals surface area contributed by atoms with Gasteiger partial charge in [0.05, 0.1) is 33.5 Å². The molecular formula is C79H96F15O21S11+. The highest BCUT2D eigenvalue weighted by Crippen LogP contribution is 2.53. The van der Waals surface area contributed by atoms with Crippen molar-refractivity contribution in [2.45, 2.75) is 182 Å². The first-order chi connectivity index (χ1) is 57.7. The molecule has 708 valence electrons. The number of halogens is 15. The van der Waals surface area contributed by atoms with Gasteiger partial charge in [0.25, 0.3) is 9.84 Å². The van der Waals surface area contributed by atoms with E-state index in [0.717, 1.165) is 62.4 Å². The second-order valence-corrected chi connectivity index (χ2v) is 41.1. The Bertz CT molecular complexity index is 5240. The Morgan fingerprint density at radius 3 is 0.746 bits per heavy atom. The van der Waals surface area contributed by atoms with Crippen LogP contribution in [0, 0.1) is 0 Å². The van der Waals surface area contributed by atoms with Gasteiger partial charge in [-0.05, 0) is 238 Å². The van der Waals surface area contributed by atoms with E-state index in [1.807, 2.05) is 177 Å². The summed E-state index contributed by atoms with van der Waals surface area (Å²) in [6.45, 7) is 16.3. The predicted molar refractivity (Wildman–Crippen MR) is 461 cm³/mol. The van der Waals surface area contributed by atoms with Crippen LogP contribution in [0.15, 0.2) is 238 Å². The quantitative estimate of drug-likeness (QED) is 0.0121. The van der Waals surface area contributed by atoms with Gasteiger partial charge in [-0.1, -0.05) is 177 Å². The van der Waals surface area contributed by atoms with Crippen LogP contribution >= 0.6 is 0 Å². The third kappa shape index (κ3) is 38.1. The van der Waals surface area contributed by atoms with Crippen LogP contribution in [0.1, 0.15) is 146 Å². The summed E-state index contributed by atoms with van der Waals surface area (Å²) in [7, 11) is -44.1. The highest BCUT2D eigenvalue weighted by molar-refractivity contribution is 8.09. The zero-order valence-electron chi connectivity index (χ0n) is 68.2. The molecule has 0 N–H and O–H groups in total. The molecule has 8 rings (SSSR count). The number of benzene rings is 8. The van der Waals surface area contributed by atoms with Crippen LogP contribution in [0.4, 0.5) is 65.9 Å². The van der Waals surface area contributed by atoms with Crippen LogP contribution < -0.4 is 17.8 Å². The lowest BCUT2D eigenvalue weighted by Crippen LogP contribution is -2.62. The Balaban J connectivity index is 0.000000770. The molecular weight excluding hydrogens is 1920 g/mol. The van der Waals surface area contributed by atoms with E-state index in [1.165, 1.54) is 23.3 Å². The molecule has 8 aromatic rings. The van der Waals surface area contributed by atoms with Crippen molar-refractivity contribution in [3.63, 3.8) is 0 Å². The summed E-state index contributed by atoms with van der Waals surface area (Å²) in [5.74, 6) is -14.9. The smallest absolute Gasteiger partial charge is 0.498 e. The molecule has 0 saturated heterocycles. The largest absolute Gasteiger partial charge is 0.748 e. The second-order valence-electron chi connectivity index (χ2n) is 26.8. The van der Waals surface area contributed by atoms with Crippen molar-refractivity contribution in [1.29, 1.82) is 0 Å². The minimum atomic E-state index is -7.58. The fourth-order valence-corrected chi connectivity index (χ4v) is 16.4. The Morgan fingerprint density at radius 2 is 0.532 bits per heavy atom. The van der Waals surface area contributed by atoms with Crippen molar-refractivity contribution < 1.29 is 156 Å². The Hall–Kier alpha value is -7.16. The molecule has 0 spiro atoms. The highest BCUT2D eigenvalue weighted by atomic mass is 32.3. The third-order valence-corrected chi connectivity index (χ3v) is 27.7. The molecule has 0 amide bonds. The van der Waals surface area contributed by atoms with Crippen molar-refractivity contribution in [2.75, 3.05) is 29.8 Å². The fourth-order valence-electron chi connectivity index (χ4n) is 8.89. The number of hydrogen-bond donors (Lipinski definition) is 0. The summed E-state index contributed by atoms with van der Waals surface area (Å²) in [6.07, 6.45) is 4.54. The Kier molecular flexibility index (Phi) is 47.7. The van der Waals surface area contributed by atoms with Crippen LogP contribution in [0.2, 0.25) is 0 Å².